The van der Waals surface area contributed by atoms with Gasteiger partial charge < -0.3 is 5.11 Å². The van der Waals surface area contributed by atoms with E-state index in [2.05, 4.69) is 10.00 Å². The van der Waals surface area contributed by atoms with E-state index in [-0.39, 0.29) is 0 Å². The summed E-state index contributed by atoms with van der Waals surface area (Å²) in [4.78, 5) is 2.38. The fourth-order valence-electron chi connectivity index (χ4n) is 2.83. The van der Waals surface area contributed by atoms with Crippen molar-refractivity contribution in [3.05, 3.63) is 16.9 Å². The lowest BCUT2D eigenvalue weighted by Gasteiger charge is -2.24. The van der Waals surface area contributed by atoms with Crippen LogP contribution in [-0.2, 0) is 12.1 Å². The molecule has 5 heteroatoms. The molecule has 2 heterocycles. The van der Waals surface area contributed by atoms with Crippen molar-refractivity contribution in [3.63, 3.8) is 0 Å². The van der Waals surface area contributed by atoms with E-state index in [4.69, 9.17) is 11.6 Å². The van der Waals surface area contributed by atoms with E-state index in [1.165, 1.54) is 12.8 Å². The standard InChI is InChI=1S/C12H18ClN3O/c1-2-16-11(10(13)7-14-16)12(17)5-6-15(8-12)9-3-4-9/h7,9,17H,2-6,8H2,1H3. The number of aryl methyl sites for hydroxylation is 1. The van der Waals surface area contributed by atoms with Crippen LogP contribution in [0.2, 0.25) is 5.02 Å². The number of aromatic nitrogens is 2. The van der Waals surface area contributed by atoms with Gasteiger partial charge in [-0.1, -0.05) is 11.6 Å². The second-order valence-electron chi connectivity index (χ2n) is 5.14. The first-order valence-electron chi connectivity index (χ1n) is 6.32. The van der Waals surface area contributed by atoms with E-state index < -0.39 is 5.60 Å². The lowest BCUT2D eigenvalue weighted by Crippen LogP contribution is -2.34. The van der Waals surface area contributed by atoms with Crippen LogP contribution in [-0.4, -0.2) is 38.9 Å². The van der Waals surface area contributed by atoms with E-state index in [1.807, 2.05) is 11.6 Å². The Labute approximate surface area is 106 Å². The molecule has 1 saturated heterocycles. The molecule has 4 nitrogen and oxygen atoms in total. The zero-order chi connectivity index (χ0) is 12.0. The minimum Gasteiger partial charge on any atom is -0.382 e. The van der Waals surface area contributed by atoms with Gasteiger partial charge in [0.2, 0.25) is 0 Å². The molecule has 1 N–H and O–H groups in total. The Morgan fingerprint density at radius 2 is 2.35 bits per heavy atom. The molecule has 3 rings (SSSR count). The summed E-state index contributed by atoms with van der Waals surface area (Å²) in [6.45, 7) is 4.42. The van der Waals surface area contributed by atoms with Gasteiger partial charge in [0.1, 0.15) is 5.60 Å². The zero-order valence-electron chi connectivity index (χ0n) is 10.1. The molecule has 1 aliphatic heterocycles. The minimum absolute atomic E-state index is 0.590. The monoisotopic (exact) mass is 255 g/mol. The van der Waals surface area contributed by atoms with Gasteiger partial charge in [0, 0.05) is 25.7 Å². The summed E-state index contributed by atoms with van der Waals surface area (Å²) in [5, 5.41) is 15.6. The van der Waals surface area contributed by atoms with Crippen LogP contribution in [0, 0.1) is 0 Å². The smallest absolute Gasteiger partial charge is 0.121 e. The summed E-state index contributed by atoms with van der Waals surface area (Å²) in [5.41, 5.74) is -0.0172. The van der Waals surface area contributed by atoms with Crippen LogP contribution in [0.1, 0.15) is 31.9 Å². The molecule has 0 radical (unpaired) electrons. The highest BCUT2D eigenvalue weighted by Crippen LogP contribution is 2.40. The summed E-state index contributed by atoms with van der Waals surface area (Å²) in [5.74, 6) is 0. The van der Waals surface area contributed by atoms with Gasteiger partial charge in [0.05, 0.1) is 16.9 Å². The van der Waals surface area contributed by atoms with Gasteiger partial charge in [-0.2, -0.15) is 5.10 Å². The molecule has 0 bridgehead atoms. The summed E-state index contributed by atoms with van der Waals surface area (Å²) in [6.07, 6.45) is 4.95. The second-order valence-corrected chi connectivity index (χ2v) is 5.55. The third-order valence-corrected chi connectivity index (χ3v) is 4.15. The maximum Gasteiger partial charge on any atom is 0.121 e. The predicted molar refractivity (Wildman–Crippen MR) is 66.0 cm³/mol. The average Bonchev–Trinajstić information content (AvgIpc) is 2.98. The lowest BCUT2D eigenvalue weighted by atomic mass is 9.99. The van der Waals surface area contributed by atoms with Crippen molar-refractivity contribution in [2.24, 2.45) is 0 Å². The Kier molecular flexibility index (Phi) is 2.69. The van der Waals surface area contributed by atoms with Crippen LogP contribution < -0.4 is 0 Å². The number of β-amino-alcohol motifs (C(OH)–C–C–N with tert-alkyl or cyclic N) is 1. The van der Waals surface area contributed by atoms with E-state index in [0.717, 1.165) is 25.2 Å². The van der Waals surface area contributed by atoms with Crippen molar-refractivity contribution < 1.29 is 5.11 Å². The molecule has 1 aromatic rings. The molecule has 1 aliphatic carbocycles. The Bertz CT molecular complexity index is 429. The maximum absolute atomic E-state index is 10.8. The van der Waals surface area contributed by atoms with E-state index in [0.29, 0.717) is 17.6 Å². The van der Waals surface area contributed by atoms with Crippen LogP contribution in [0.15, 0.2) is 6.20 Å². The second kappa shape index (κ2) is 3.97. The number of hydrogen-bond acceptors (Lipinski definition) is 3. The van der Waals surface area contributed by atoms with Gasteiger partial charge in [0.15, 0.2) is 0 Å². The SMILES string of the molecule is CCn1ncc(Cl)c1C1(O)CCN(C2CC2)C1. The molecule has 1 unspecified atom stereocenters. The van der Waals surface area contributed by atoms with Crippen LogP contribution in [0.5, 0.6) is 0 Å². The average molecular weight is 256 g/mol. The van der Waals surface area contributed by atoms with Crippen LogP contribution >= 0.6 is 11.6 Å². The van der Waals surface area contributed by atoms with Crippen LogP contribution in [0.25, 0.3) is 0 Å². The molecule has 1 aromatic heterocycles. The molecule has 0 amide bonds. The Morgan fingerprint density at radius 3 is 3.00 bits per heavy atom. The Morgan fingerprint density at radius 1 is 1.59 bits per heavy atom. The van der Waals surface area contributed by atoms with Crippen LogP contribution in [0.3, 0.4) is 0 Å². The molecule has 0 aromatic carbocycles. The van der Waals surface area contributed by atoms with Crippen molar-refractivity contribution in [3.8, 4) is 0 Å². The van der Waals surface area contributed by atoms with Crippen molar-refractivity contribution in [2.75, 3.05) is 13.1 Å². The van der Waals surface area contributed by atoms with Gasteiger partial charge in [-0.25, -0.2) is 0 Å². The number of aliphatic hydroxyl groups is 1. The number of hydrogen-bond donors (Lipinski definition) is 1. The lowest BCUT2D eigenvalue weighted by molar-refractivity contribution is 0.0363. The number of likely N-dealkylation sites (tertiary alicyclic amines) is 1. The van der Waals surface area contributed by atoms with Crippen molar-refractivity contribution >= 4 is 11.6 Å². The molecule has 1 saturated carbocycles. The van der Waals surface area contributed by atoms with Crippen LogP contribution in [0.4, 0.5) is 0 Å². The molecule has 94 valence electrons. The normalized spacial score (nSPS) is 30.1. The van der Waals surface area contributed by atoms with Gasteiger partial charge in [-0.05, 0) is 26.2 Å². The molecule has 0 spiro atoms. The van der Waals surface area contributed by atoms with E-state index >= 15 is 0 Å². The molecular formula is C12H18ClN3O. The molecule has 1 atom stereocenters. The Hall–Kier alpha value is -0.580. The first kappa shape index (κ1) is 11.5. The van der Waals surface area contributed by atoms with Crippen molar-refractivity contribution in [1.82, 2.24) is 14.7 Å². The highest BCUT2D eigenvalue weighted by molar-refractivity contribution is 6.31. The van der Waals surface area contributed by atoms with Crippen molar-refractivity contribution in [2.45, 2.75) is 44.4 Å². The summed E-state index contributed by atoms with van der Waals surface area (Å²) < 4.78 is 1.82. The predicted octanol–water partition coefficient (Wildman–Crippen LogP) is 1.61. The molecular weight excluding hydrogens is 238 g/mol. The molecule has 2 aliphatic rings. The van der Waals surface area contributed by atoms with E-state index in [1.54, 1.807) is 6.20 Å². The van der Waals surface area contributed by atoms with E-state index in [9.17, 15) is 5.11 Å². The maximum atomic E-state index is 10.8. The molecule has 2 fully saturated rings. The highest BCUT2D eigenvalue weighted by Gasteiger charge is 2.45. The first-order valence-corrected chi connectivity index (χ1v) is 6.70. The van der Waals surface area contributed by atoms with Crippen molar-refractivity contribution in [1.29, 1.82) is 0 Å². The van der Waals surface area contributed by atoms with Gasteiger partial charge in [-0.15, -0.1) is 0 Å². The quantitative estimate of drug-likeness (QED) is 0.892. The number of halogens is 1. The fourth-order valence-corrected chi connectivity index (χ4v) is 3.15. The zero-order valence-corrected chi connectivity index (χ0v) is 10.8. The summed E-state index contributed by atoms with van der Waals surface area (Å²) in [6, 6.07) is 0.695. The van der Waals surface area contributed by atoms with Gasteiger partial charge in [-0.3, -0.25) is 9.58 Å². The first-order chi connectivity index (χ1) is 8.14. The topological polar surface area (TPSA) is 41.3 Å². The fraction of sp³-hybridized carbons (Fsp3) is 0.750. The largest absolute Gasteiger partial charge is 0.382 e. The third kappa shape index (κ3) is 1.88. The Balaban J connectivity index is 1.89. The number of nitrogens with zero attached hydrogens (tertiary/aromatic N) is 3. The minimum atomic E-state index is -0.813. The highest BCUT2D eigenvalue weighted by atomic mass is 35.5. The number of rotatable bonds is 3. The third-order valence-electron chi connectivity index (χ3n) is 3.88. The summed E-state index contributed by atoms with van der Waals surface area (Å²) >= 11 is 6.17. The van der Waals surface area contributed by atoms with Gasteiger partial charge in [0.25, 0.3) is 0 Å². The van der Waals surface area contributed by atoms with Gasteiger partial charge >= 0.3 is 0 Å². The summed E-state index contributed by atoms with van der Waals surface area (Å²) in [7, 11) is 0. The molecule has 17 heavy (non-hydrogen) atoms.